The van der Waals surface area contributed by atoms with E-state index in [1.165, 1.54) is 31.2 Å². The van der Waals surface area contributed by atoms with Gasteiger partial charge in [0.1, 0.15) is 6.10 Å². The van der Waals surface area contributed by atoms with E-state index < -0.39 is 11.0 Å². The zero-order chi connectivity index (χ0) is 13.0. The lowest BCUT2D eigenvalue weighted by Crippen LogP contribution is -2.22. The standard InChI is InChI=1S/C11H12N2O4/c1-7(12-8(2)14)11(15)9-3-5-10(6-4-9)13(16)17/h3-6,11,15H,1H2,2H3,(H,12,14)/t11-/m0/s1. The third-order valence-corrected chi connectivity index (χ3v) is 2.09. The lowest BCUT2D eigenvalue weighted by atomic mass is 10.1. The molecule has 0 heterocycles. The molecule has 0 aliphatic rings. The first-order valence-electron chi connectivity index (χ1n) is 4.80. The molecule has 0 aliphatic heterocycles. The van der Waals surface area contributed by atoms with Crippen LogP contribution >= 0.6 is 0 Å². The Morgan fingerprint density at radius 3 is 2.41 bits per heavy atom. The molecule has 1 aromatic carbocycles. The van der Waals surface area contributed by atoms with Gasteiger partial charge in [-0.2, -0.15) is 0 Å². The highest BCUT2D eigenvalue weighted by molar-refractivity contribution is 5.75. The molecule has 1 rings (SSSR count). The number of rotatable bonds is 4. The molecule has 0 bridgehead atoms. The molecule has 6 heteroatoms. The third kappa shape index (κ3) is 3.39. The highest BCUT2D eigenvalue weighted by Gasteiger charge is 2.14. The van der Waals surface area contributed by atoms with Crippen LogP contribution in [0.15, 0.2) is 36.5 Å². The fraction of sp³-hybridized carbons (Fsp3) is 0.182. The van der Waals surface area contributed by atoms with E-state index in [1.54, 1.807) is 0 Å². The summed E-state index contributed by atoms with van der Waals surface area (Å²) in [6.07, 6.45) is -1.08. The van der Waals surface area contributed by atoms with Gasteiger partial charge in [-0.1, -0.05) is 6.58 Å². The number of hydrogen-bond donors (Lipinski definition) is 2. The smallest absolute Gasteiger partial charge is 0.269 e. The van der Waals surface area contributed by atoms with Gasteiger partial charge >= 0.3 is 0 Å². The van der Waals surface area contributed by atoms with Gasteiger partial charge in [0.25, 0.3) is 5.69 Å². The minimum atomic E-state index is -1.08. The van der Waals surface area contributed by atoms with E-state index in [2.05, 4.69) is 11.9 Å². The Morgan fingerprint density at radius 1 is 1.47 bits per heavy atom. The minimum absolute atomic E-state index is 0.0638. The predicted molar refractivity (Wildman–Crippen MR) is 61.0 cm³/mol. The number of carbonyl (C=O) groups is 1. The summed E-state index contributed by atoms with van der Waals surface area (Å²) in [5.41, 5.74) is 0.492. The number of aliphatic hydroxyl groups excluding tert-OH is 1. The van der Waals surface area contributed by atoms with Gasteiger partial charge in [0.15, 0.2) is 0 Å². The van der Waals surface area contributed by atoms with Gasteiger partial charge in [-0.25, -0.2) is 0 Å². The summed E-state index contributed by atoms with van der Waals surface area (Å²) in [5, 5.41) is 22.6. The number of nitrogens with one attached hydrogen (secondary N) is 1. The van der Waals surface area contributed by atoms with Gasteiger partial charge < -0.3 is 10.4 Å². The monoisotopic (exact) mass is 236 g/mol. The summed E-state index contributed by atoms with van der Waals surface area (Å²) < 4.78 is 0. The van der Waals surface area contributed by atoms with Crippen molar-refractivity contribution in [3.05, 3.63) is 52.2 Å². The number of nitro groups is 1. The lowest BCUT2D eigenvalue weighted by molar-refractivity contribution is -0.384. The molecular formula is C11H12N2O4. The van der Waals surface area contributed by atoms with Crippen LogP contribution in [0.25, 0.3) is 0 Å². The Balaban J connectivity index is 2.82. The number of hydrogen-bond acceptors (Lipinski definition) is 4. The number of amides is 1. The van der Waals surface area contributed by atoms with E-state index in [0.29, 0.717) is 5.56 Å². The van der Waals surface area contributed by atoms with Crippen molar-refractivity contribution in [1.29, 1.82) is 0 Å². The highest BCUT2D eigenvalue weighted by Crippen LogP contribution is 2.21. The van der Waals surface area contributed by atoms with Crippen LogP contribution < -0.4 is 5.32 Å². The molecule has 0 saturated carbocycles. The molecule has 1 amide bonds. The average molecular weight is 236 g/mol. The minimum Gasteiger partial charge on any atom is -0.382 e. The third-order valence-electron chi connectivity index (χ3n) is 2.09. The average Bonchev–Trinajstić information content (AvgIpc) is 2.27. The lowest BCUT2D eigenvalue weighted by Gasteiger charge is -2.14. The topological polar surface area (TPSA) is 92.5 Å². The van der Waals surface area contributed by atoms with Crippen LogP contribution in [0, 0.1) is 10.1 Å². The van der Waals surface area contributed by atoms with Gasteiger partial charge in [0.05, 0.1) is 4.92 Å². The van der Waals surface area contributed by atoms with Crippen LogP contribution in [0.4, 0.5) is 5.69 Å². The molecule has 90 valence electrons. The molecule has 0 fully saturated rings. The predicted octanol–water partition coefficient (Wildman–Crippen LogP) is 1.28. The molecule has 17 heavy (non-hydrogen) atoms. The van der Waals surface area contributed by atoms with Crippen LogP contribution in [0.3, 0.4) is 0 Å². The Kier molecular flexibility index (Phi) is 3.95. The second kappa shape index (κ2) is 5.22. The number of carbonyl (C=O) groups excluding carboxylic acids is 1. The molecule has 0 unspecified atom stereocenters. The van der Waals surface area contributed by atoms with Crippen molar-refractivity contribution < 1.29 is 14.8 Å². The van der Waals surface area contributed by atoms with Gasteiger partial charge in [-0.3, -0.25) is 14.9 Å². The van der Waals surface area contributed by atoms with E-state index in [4.69, 9.17) is 0 Å². The summed E-state index contributed by atoms with van der Waals surface area (Å²) in [4.78, 5) is 20.7. The Labute approximate surface area is 97.7 Å². The summed E-state index contributed by atoms with van der Waals surface area (Å²) >= 11 is 0. The fourth-order valence-corrected chi connectivity index (χ4v) is 1.27. The van der Waals surface area contributed by atoms with Crippen molar-refractivity contribution in [2.24, 2.45) is 0 Å². The molecule has 6 nitrogen and oxygen atoms in total. The molecular weight excluding hydrogens is 224 g/mol. The number of nitrogens with zero attached hydrogens (tertiary/aromatic N) is 1. The van der Waals surface area contributed by atoms with Crippen LogP contribution in [-0.2, 0) is 4.79 Å². The van der Waals surface area contributed by atoms with Crippen LogP contribution in [0.1, 0.15) is 18.6 Å². The first-order chi connectivity index (χ1) is 7.91. The van der Waals surface area contributed by atoms with Crippen molar-refractivity contribution in [2.45, 2.75) is 13.0 Å². The molecule has 0 spiro atoms. The Bertz CT molecular complexity index is 453. The molecule has 1 aromatic rings. The summed E-state index contributed by atoms with van der Waals surface area (Å²) in [6, 6.07) is 5.38. The SMILES string of the molecule is C=C(NC(C)=O)[C@H](O)c1ccc([N+](=O)[O-])cc1. The van der Waals surface area contributed by atoms with Gasteiger partial charge in [-0.05, 0) is 17.7 Å². The number of benzene rings is 1. The summed E-state index contributed by atoms with van der Waals surface area (Å²) in [6.45, 7) is 4.81. The van der Waals surface area contributed by atoms with Gasteiger partial charge in [0.2, 0.25) is 5.91 Å². The van der Waals surface area contributed by atoms with E-state index in [1.807, 2.05) is 0 Å². The number of aliphatic hydroxyl groups is 1. The second-order valence-electron chi connectivity index (χ2n) is 3.46. The van der Waals surface area contributed by atoms with Crippen LogP contribution in [-0.4, -0.2) is 15.9 Å². The zero-order valence-electron chi connectivity index (χ0n) is 9.21. The maximum absolute atomic E-state index is 10.8. The summed E-state index contributed by atoms with van der Waals surface area (Å²) in [7, 11) is 0. The van der Waals surface area contributed by atoms with E-state index in [0.717, 1.165) is 0 Å². The van der Waals surface area contributed by atoms with Gasteiger partial charge in [-0.15, -0.1) is 0 Å². The van der Waals surface area contributed by atoms with E-state index in [-0.39, 0.29) is 17.3 Å². The van der Waals surface area contributed by atoms with Crippen molar-refractivity contribution in [3.8, 4) is 0 Å². The van der Waals surface area contributed by atoms with E-state index in [9.17, 15) is 20.0 Å². The molecule has 2 N–H and O–H groups in total. The van der Waals surface area contributed by atoms with Crippen molar-refractivity contribution in [3.63, 3.8) is 0 Å². The number of nitro benzene ring substituents is 1. The Hall–Kier alpha value is -2.21. The van der Waals surface area contributed by atoms with Crippen LogP contribution in [0.5, 0.6) is 0 Å². The van der Waals surface area contributed by atoms with Crippen molar-refractivity contribution in [1.82, 2.24) is 5.32 Å². The summed E-state index contributed by atoms with van der Waals surface area (Å²) in [5.74, 6) is -0.337. The number of non-ortho nitro benzene ring substituents is 1. The van der Waals surface area contributed by atoms with E-state index >= 15 is 0 Å². The second-order valence-corrected chi connectivity index (χ2v) is 3.46. The first-order valence-corrected chi connectivity index (χ1v) is 4.80. The maximum atomic E-state index is 10.8. The maximum Gasteiger partial charge on any atom is 0.269 e. The molecule has 0 aliphatic carbocycles. The fourth-order valence-electron chi connectivity index (χ4n) is 1.27. The van der Waals surface area contributed by atoms with Gasteiger partial charge in [0, 0.05) is 24.8 Å². The molecule has 0 saturated heterocycles. The molecule has 0 aromatic heterocycles. The van der Waals surface area contributed by atoms with Crippen molar-refractivity contribution in [2.75, 3.05) is 0 Å². The van der Waals surface area contributed by atoms with Crippen LogP contribution in [0.2, 0.25) is 0 Å². The molecule has 1 atom stereocenters. The largest absolute Gasteiger partial charge is 0.382 e. The van der Waals surface area contributed by atoms with Crippen molar-refractivity contribution >= 4 is 11.6 Å². The normalized spacial score (nSPS) is 11.6. The Morgan fingerprint density at radius 2 is 2.00 bits per heavy atom. The highest BCUT2D eigenvalue weighted by atomic mass is 16.6. The first kappa shape index (κ1) is 12.9. The quantitative estimate of drug-likeness (QED) is 0.608. The molecule has 0 radical (unpaired) electrons. The zero-order valence-corrected chi connectivity index (χ0v) is 9.21.